The van der Waals surface area contributed by atoms with Gasteiger partial charge in [-0.3, -0.25) is 4.79 Å². The van der Waals surface area contributed by atoms with Crippen LogP contribution in [0.1, 0.15) is 40.5 Å². The van der Waals surface area contributed by atoms with Gasteiger partial charge in [0.1, 0.15) is 6.10 Å². The topological polar surface area (TPSA) is 26.3 Å². The molecule has 0 bridgehead atoms. The molecule has 0 aromatic rings. The molecule has 0 aliphatic carbocycles. The molecule has 0 fully saturated rings. The predicted octanol–water partition coefficient (Wildman–Crippen LogP) is 2.42. The van der Waals surface area contributed by atoms with Crippen molar-refractivity contribution in [2.75, 3.05) is 6.61 Å². The predicted molar refractivity (Wildman–Crippen MR) is 50.2 cm³/mol. The van der Waals surface area contributed by atoms with E-state index in [4.69, 9.17) is 4.74 Å². The van der Waals surface area contributed by atoms with Gasteiger partial charge in [-0.25, -0.2) is 0 Å². The van der Waals surface area contributed by atoms with Crippen molar-refractivity contribution in [2.45, 2.75) is 46.6 Å². The molecule has 1 unspecified atom stereocenters. The number of Topliss-reactive ketones (excluding diaryl/α,β-unsaturated/α-hetero) is 1. The third kappa shape index (κ3) is 5.30. The quantitative estimate of drug-likeness (QED) is 0.615. The summed E-state index contributed by atoms with van der Waals surface area (Å²) in [6, 6.07) is 0. The van der Waals surface area contributed by atoms with Crippen molar-refractivity contribution in [3.8, 4) is 0 Å². The highest BCUT2D eigenvalue weighted by Gasteiger charge is 2.12. The molecule has 0 aliphatic rings. The summed E-state index contributed by atoms with van der Waals surface area (Å²) >= 11 is 0. The number of carbonyl (C=O) groups excluding carboxylic acids is 1. The third-order valence-corrected chi connectivity index (χ3v) is 1.84. The molecule has 0 aromatic heterocycles. The molecule has 1 atom stereocenters. The summed E-state index contributed by atoms with van der Waals surface area (Å²) in [5, 5.41) is 0. The molecule has 0 aromatic carbocycles. The van der Waals surface area contributed by atoms with Crippen molar-refractivity contribution in [3.63, 3.8) is 0 Å². The number of hydrogen-bond acceptors (Lipinski definition) is 2. The Morgan fingerprint density at radius 1 is 1.33 bits per heavy atom. The number of ether oxygens (including phenoxy) is 1. The molecule has 0 saturated carbocycles. The Morgan fingerprint density at radius 3 is 2.33 bits per heavy atom. The van der Waals surface area contributed by atoms with E-state index in [1.165, 1.54) is 0 Å². The summed E-state index contributed by atoms with van der Waals surface area (Å²) in [5.74, 6) is 0.827. The van der Waals surface area contributed by atoms with Crippen molar-refractivity contribution in [3.05, 3.63) is 0 Å². The van der Waals surface area contributed by atoms with Gasteiger partial charge in [0, 0.05) is 13.0 Å². The van der Waals surface area contributed by atoms with Crippen LogP contribution in [0.15, 0.2) is 0 Å². The highest BCUT2D eigenvalue weighted by Crippen LogP contribution is 2.06. The molecule has 2 heteroatoms. The lowest BCUT2D eigenvalue weighted by molar-refractivity contribution is -0.129. The molecular weight excluding hydrogens is 152 g/mol. The van der Waals surface area contributed by atoms with E-state index in [1.54, 1.807) is 0 Å². The third-order valence-electron chi connectivity index (χ3n) is 1.84. The molecule has 72 valence electrons. The van der Waals surface area contributed by atoms with Crippen LogP contribution < -0.4 is 0 Å². The minimum atomic E-state index is -0.214. The fourth-order valence-electron chi connectivity index (χ4n) is 0.977. The van der Waals surface area contributed by atoms with E-state index in [2.05, 4.69) is 13.8 Å². The Balaban J connectivity index is 3.57. The van der Waals surface area contributed by atoms with Gasteiger partial charge in [0.25, 0.3) is 0 Å². The van der Waals surface area contributed by atoms with Crippen LogP contribution in [0.2, 0.25) is 0 Å². The molecule has 12 heavy (non-hydrogen) atoms. The lowest BCUT2D eigenvalue weighted by atomic mass is 10.0. The Hall–Kier alpha value is -0.370. The Kier molecular flexibility index (Phi) is 5.99. The smallest absolute Gasteiger partial charge is 0.161 e. The zero-order chi connectivity index (χ0) is 9.56. The summed E-state index contributed by atoms with van der Waals surface area (Å²) in [5.41, 5.74) is 0. The zero-order valence-corrected chi connectivity index (χ0v) is 8.59. The summed E-state index contributed by atoms with van der Waals surface area (Å²) in [6.07, 6.45) is 1.41. The molecule has 0 saturated heterocycles. The monoisotopic (exact) mass is 172 g/mol. The van der Waals surface area contributed by atoms with E-state index in [9.17, 15) is 4.79 Å². The highest BCUT2D eigenvalue weighted by molar-refractivity contribution is 5.82. The van der Waals surface area contributed by atoms with Crippen LogP contribution in [0.5, 0.6) is 0 Å². The maximum atomic E-state index is 11.3. The summed E-state index contributed by atoms with van der Waals surface area (Å²) in [6.45, 7) is 8.60. The van der Waals surface area contributed by atoms with Crippen LogP contribution in [0.3, 0.4) is 0 Å². The number of rotatable bonds is 6. The molecule has 0 spiro atoms. The van der Waals surface area contributed by atoms with Crippen molar-refractivity contribution in [1.82, 2.24) is 0 Å². The first kappa shape index (κ1) is 11.6. The number of ketones is 1. The molecule has 2 nitrogen and oxygen atoms in total. The second kappa shape index (κ2) is 6.18. The molecule has 0 heterocycles. The number of carbonyl (C=O) groups is 1. The standard InChI is InChI=1S/C10H20O2/c1-5-12-9(4)10(11)7-6-8(2)3/h8-9H,5-7H2,1-4H3. The lowest BCUT2D eigenvalue weighted by Gasteiger charge is -2.10. The van der Waals surface area contributed by atoms with Gasteiger partial charge in [0.2, 0.25) is 0 Å². The van der Waals surface area contributed by atoms with Crippen molar-refractivity contribution in [2.24, 2.45) is 5.92 Å². The SMILES string of the molecule is CCOC(C)C(=O)CCC(C)C. The fraction of sp³-hybridized carbons (Fsp3) is 0.900. The normalized spacial score (nSPS) is 13.4. The maximum Gasteiger partial charge on any atom is 0.161 e. The van der Waals surface area contributed by atoms with Crippen LogP contribution >= 0.6 is 0 Å². The second-order valence-corrected chi connectivity index (χ2v) is 3.50. The first-order chi connectivity index (χ1) is 5.57. The average molecular weight is 172 g/mol. The Morgan fingerprint density at radius 2 is 1.92 bits per heavy atom. The van der Waals surface area contributed by atoms with Gasteiger partial charge in [-0.1, -0.05) is 13.8 Å². The molecule has 0 amide bonds. The van der Waals surface area contributed by atoms with E-state index in [1.807, 2.05) is 13.8 Å². The van der Waals surface area contributed by atoms with E-state index < -0.39 is 0 Å². The van der Waals surface area contributed by atoms with Crippen LogP contribution in [-0.2, 0) is 9.53 Å². The van der Waals surface area contributed by atoms with Crippen LogP contribution in [0.25, 0.3) is 0 Å². The minimum absolute atomic E-state index is 0.214. The largest absolute Gasteiger partial charge is 0.371 e. The average Bonchev–Trinajstić information content (AvgIpc) is 2.00. The Labute approximate surface area is 75.3 Å². The van der Waals surface area contributed by atoms with Crippen molar-refractivity contribution in [1.29, 1.82) is 0 Å². The summed E-state index contributed by atoms with van der Waals surface area (Å²) < 4.78 is 5.19. The van der Waals surface area contributed by atoms with E-state index >= 15 is 0 Å². The maximum absolute atomic E-state index is 11.3. The summed E-state index contributed by atoms with van der Waals surface area (Å²) in [7, 11) is 0. The van der Waals surface area contributed by atoms with Gasteiger partial charge in [-0.05, 0) is 26.2 Å². The number of hydrogen-bond donors (Lipinski definition) is 0. The Bertz CT molecular complexity index is 130. The van der Waals surface area contributed by atoms with Crippen LogP contribution in [0, 0.1) is 5.92 Å². The van der Waals surface area contributed by atoms with Gasteiger partial charge < -0.3 is 4.74 Å². The van der Waals surface area contributed by atoms with Crippen LogP contribution in [-0.4, -0.2) is 18.5 Å². The first-order valence-electron chi connectivity index (χ1n) is 4.72. The van der Waals surface area contributed by atoms with Gasteiger partial charge in [-0.15, -0.1) is 0 Å². The molecule has 0 rings (SSSR count). The van der Waals surface area contributed by atoms with E-state index in [0.29, 0.717) is 18.9 Å². The molecule has 0 aliphatic heterocycles. The second-order valence-electron chi connectivity index (χ2n) is 3.50. The van der Waals surface area contributed by atoms with Gasteiger partial charge in [-0.2, -0.15) is 0 Å². The lowest BCUT2D eigenvalue weighted by Crippen LogP contribution is -2.20. The first-order valence-corrected chi connectivity index (χ1v) is 4.72. The van der Waals surface area contributed by atoms with Gasteiger partial charge in [0.15, 0.2) is 5.78 Å². The van der Waals surface area contributed by atoms with E-state index in [-0.39, 0.29) is 11.9 Å². The fourth-order valence-corrected chi connectivity index (χ4v) is 0.977. The summed E-state index contributed by atoms with van der Waals surface area (Å²) in [4.78, 5) is 11.3. The van der Waals surface area contributed by atoms with Crippen molar-refractivity contribution >= 4 is 5.78 Å². The minimum Gasteiger partial charge on any atom is -0.371 e. The van der Waals surface area contributed by atoms with Gasteiger partial charge >= 0.3 is 0 Å². The molecular formula is C10H20O2. The van der Waals surface area contributed by atoms with Crippen LogP contribution in [0.4, 0.5) is 0 Å². The van der Waals surface area contributed by atoms with Gasteiger partial charge in [0.05, 0.1) is 0 Å². The zero-order valence-electron chi connectivity index (χ0n) is 8.59. The molecule has 0 N–H and O–H groups in total. The van der Waals surface area contributed by atoms with Crippen molar-refractivity contribution < 1.29 is 9.53 Å². The molecule has 0 radical (unpaired) electrons. The van der Waals surface area contributed by atoms with E-state index in [0.717, 1.165) is 6.42 Å². The highest BCUT2D eigenvalue weighted by atomic mass is 16.5.